The molecule has 1 aromatic rings. The number of hydrogen-bond donors (Lipinski definition) is 2. The Kier molecular flexibility index (Phi) is 5.16. The maximum Gasteiger partial charge on any atom is 0.248 e. The predicted molar refractivity (Wildman–Crippen MR) is 74.2 cm³/mol. The van der Waals surface area contributed by atoms with E-state index in [9.17, 15) is 9.18 Å². The number of carbonyl (C=O) groups excluding carboxylic acids is 1. The Balaban J connectivity index is 2.61. The molecule has 0 aliphatic heterocycles. The van der Waals surface area contributed by atoms with Crippen LogP contribution < -0.4 is 11.1 Å². The molecule has 1 aromatic carbocycles. The molecule has 0 aliphatic rings. The highest BCUT2D eigenvalue weighted by atomic mass is 32.2. The molecule has 0 saturated heterocycles. The summed E-state index contributed by atoms with van der Waals surface area (Å²) < 4.78 is 13.8. The van der Waals surface area contributed by atoms with Gasteiger partial charge in [-0.25, -0.2) is 4.39 Å². The van der Waals surface area contributed by atoms with E-state index in [4.69, 9.17) is 5.73 Å². The average molecular weight is 270 g/mol. The minimum Gasteiger partial charge on any atom is -0.366 e. The maximum absolute atomic E-state index is 13.7. The Morgan fingerprint density at radius 1 is 1.50 bits per heavy atom. The minimum absolute atomic E-state index is 0.115. The van der Waals surface area contributed by atoms with Gasteiger partial charge in [-0.1, -0.05) is 6.07 Å². The second kappa shape index (κ2) is 6.20. The van der Waals surface area contributed by atoms with E-state index in [1.165, 1.54) is 6.07 Å². The van der Waals surface area contributed by atoms with Gasteiger partial charge < -0.3 is 11.1 Å². The Morgan fingerprint density at radius 3 is 2.67 bits per heavy atom. The summed E-state index contributed by atoms with van der Waals surface area (Å²) in [6.07, 6.45) is 2.05. The number of rotatable bonds is 6. The molecule has 100 valence electrons. The van der Waals surface area contributed by atoms with Crippen molar-refractivity contribution in [1.82, 2.24) is 5.32 Å². The van der Waals surface area contributed by atoms with E-state index >= 15 is 0 Å². The van der Waals surface area contributed by atoms with Crippen molar-refractivity contribution in [1.29, 1.82) is 0 Å². The fourth-order valence-electron chi connectivity index (χ4n) is 1.41. The Bertz CT molecular complexity index is 435. The SMILES string of the molecule is CSC(C)(C)CNCc1ccc(C(N)=O)cc1F. The summed E-state index contributed by atoms with van der Waals surface area (Å²) in [4.78, 5) is 10.9. The first-order valence-corrected chi connectivity index (χ1v) is 6.92. The van der Waals surface area contributed by atoms with Crippen molar-refractivity contribution in [2.24, 2.45) is 5.73 Å². The van der Waals surface area contributed by atoms with Crippen LogP contribution in [0.5, 0.6) is 0 Å². The van der Waals surface area contributed by atoms with Crippen LogP contribution in [0.15, 0.2) is 18.2 Å². The molecule has 5 heteroatoms. The molecule has 3 nitrogen and oxygen atoms in total. The fraction of sp³-hybridized carbons (Fsp3) is 0.462. The van der Waals surface area contributed by atoms with Crippen LogP contribution in [-0.2, 0) is 6.54 Å². The highest BCUT2D eigenvalue weighted by Crippen LogP contribution is 2.20. The molecule has 0 fully saturated rings. The van der Waals surface area contributed by atoms with Gasteiger partial charge in [0.1, 0.15) is 5.82 Å². The van der Waals surface area contributed by atoms with Crippen LogP contribution in [0.3, 0.4) is 0 Å². The quantitative estimate of drug-likeness (QED) is 0.833. The van der Waals surface area contributed by atoms with E-state index in [2.05, 4.69) is 19.2 Å². The first-order chi connectivity index (χ1) is 8.35. The summed E-state index contributed by atoms with van der Waals surface area (Å²) in [7, 11) is 0. The van der Waals surface area contributed by atoms with Gasteiger partial charge in [0.05, 0.1) is 0 Å². The summed E-state index contributed by atoms with van der Waals surface area (Å²) in [6, 6.07) is 4.32. The molecule has 0 saturated carbocycles. The number of benzene rings is 1. The molecule has 18 heavy (non-hydrogen) atoms. The smallest absolute Gasteiger partial charge is 0.248 e. The number of thioether (sulfide) groups is 1. The van der Waals surface area contributed by atoms with Gasteiger partial charge in [0.2, 0.25) is 5.91 Å². The van der Waals surface area contributed by atoms with Gasteiger partial charge in [-0.15, -0.1) is 0 Å². The van der Waals surface area contributed by atoms with E-state index < -0.39 is 11.7 Å². The zero-order chi connectivity index (χ0) is 13.8. The van der Waals surface area contributed by atoms with Crippen molar-refractivity contribution >= 4 is 17.7 Å². The first-order valence-electron chi connectivity index (χ1n) is 5.70. The zero-order valence-electron chi connectivity index (χ0n) is 10.9. The van der Waals surface area contributed by atoms with E-state index in [1.807, 2.05) is 6.26 Å². The number of nitrogens with one attached hydrogen (secondary N) is 1. The van der Waals surface area contributed by atoms with E-state index in [1.54, 1.807) is 23.9 Å². The van der Waals surface area contributed by atoms with Crippen LogP contribution >= 0.6 is 11.8 Å². The van der Waals surface area contributed by atoms with Crippen molar-refractivity contribution < 1.29 is 9.18 Å². The molecule has 0 aromatic heterocycles. The molecule has 0 radical (unpaired) electrons. The summed E-state index contributed by atoms with van der Waals surface area (Å²) in [6.45, 7) is 5.47. The number of halogens is 1. The Hall–Kier alpha value is -1.07. The highest BCUT2D eigenvalue weighted by Gasteiger charge is 2.15. The monoisotopic (exact) mass is 270 g/mol. The van der Waals surface area contributed by atoms with Gasteiger partial charge in [0.15, 0.2) is 0 Å². The number of amides is 1. The largest absolute Gasteiger partial charge is 0.366 e. The first kappa shape index (κ1) is 15.0. The fourth-order valence-corrected chi connectivity index (χ4v) is 1.66. The summed E-state index contributed by atoms with van der Waals surface area (Å²) in [5.41, 5.74) is 5.82. The van der Waals surface area contributed by atoms with Gasteiger partial charge in [-0.05, 0) is 32.2 Å². The lowest BCUT2D eigenvalue weighted by molar-refractivity contribution is 0.1000. The second-order valence-electron chi connectivity index (χ2n) is 4.74. The molecule has 0 atom stereocenters. The van der Waals surface area contributed by atoms with Crippen molar-refractivity contribution in [2.75, 3.05) is 12.8 Å². The average Bonchev–Trinajstić information content (AvgIpc) is 2.31. The molecular formula is C13H19FN2OS. The van der Waals surface area contributed by atoms with Gasteiger partial charge in [0.25, 0.3) is 0 Å². The standard InChI is InChI=1S/C13H19FN2OS/c1-13(2,18-3)8-16-7-10-5-4-9(12(15)17)6-11(10)14/h4-6,16H,7-8H2,1-3H3,(H2,15,17). The molecule has 1 amide bonds. The lowest BCUT2D eigenvalue weighted by atomic mass is 10.1. The van der Waals surface area contributed by atoms with E-state index in [0.717, 1.165) is 6.54 Å². The highest BCUT2D eigenvalue weighted by molar-refractivity contribution is 7.99. The molecule has 0 heterocycles. The number of hydrogen-bond acceptors (Lipinski definition) is 3. The van der Waals surface area contributed by atoms with Crippen LogP contribution in [-0.4, -0.2) is 23.5 Å². The number of primary amides is 1. The van der Waals surface area contributed by atoms with E-state index in [-0.39, 0.29) is 10.3 Å². The number of carbonyl (C=O) groups is 1. The minimum atomic E-state index is -0.614. The lowest BCUT2D eigenvalue weighted by Gasteiger charge is -2.22. The third-order valence-electron chi connectivity index (χ3n) is 2.76. The molecule has 0 aliphatic carbocycles. The third-order valence-corrected chi connectivity index (χ3v) is 4.01. The maximum atomic E-state index is 13.7. The lowest BCUT2D eigenvalue weighted by Crippen LogP contribution is -2.31. The molecule has 1 rings (SSSR count). The zero-order valence-corrected chi connectivity index (χ0v) is 11.7. The van der Waals surface area contributed by atoms with E-state index in [0.29, 0.717) is 12.1 Å². The topological polar surface area (TPSA) is 55.1 Å². The molecule has 0 spiro atoms. The van der Waals surface area contributed by atoms with Crippen LogP contribution in [0.25, 0.3) is 0 Å². The molecule has 0 unspecified atom stereocenters. The summed E-state index contributed by atoms with van der Waals surface area (Å²) >= 11 is 1.76. The van der Waals surface area contributed by atoms with Gasteiger partial charge in [-0.3, -0.25) is 4.79 Å². The normalized spacial score (nSPS) is 11.6. The van der Waals surface area contributed by atoms with Crippen LogP contribution in [0.4, 0.5) is 4.39 Å². The third kappa shape index (κ3) is 4.31. The van der Waals surface area contributed by atoms with Crippen LogP contribution in [0, 0.1) is 5.82 Å². The van der Waals surface area contributed by atoms with Crippen molar-refractivity contribution in [3.05, 3.63) is 35.1 Å². The van der Waals surface area contributed by atoms with Gasteiger partial charge >= 0.3 is 0 Å². The van der Waals surface area contributed by atoms with Crippen molar-refractivity contribution in [2.45, 2.75) is 25.1 Å². The van der Waals surface area contributed by atoms with Gasteiger partial charge in [0, 0.05) is 29.0 Å². The summed E-state index contributed by atoms with van der Waals surface area (Å²) in [5, 5.41) is 3.21. The number of nitrogens with two attached hydrogens (primary N) is 1. The van der Waals surface area contributed by atoms with Gasteiger partial charge in [-0.2, -0.15) is 11.8 Å². The van der Waals surface area contributed by atoms with Crippen LogP contribution in [0.1, 0.15) is 29.8 Å². The van der Waals surface area contributed by atoms with Crippen molar-refractivity contribution in [3.63, 3.8) is 0 Å². The van der Waals surface area contributed by atoms with Crippen LogP contribution in [0.2, 0.25) is 0 Å². The summed E-state index contributed by atoms with van der Waals surface area (Å²) in [5.74, 6) is -1.02. The molecular weight excluding hydrogens is 251 g/mol. The predicted octanol–water partition coefficient (Wildman–Crippen LogP) is 2.16. The second-order valence-corrected chi connectivity index (χ2v) is 6.25. The molecule has 0 bridgehead atoms. The molecule has 3 N–H and O–H groups in total. The van der Waals surface area contributed by atoms with Crippen molar-refractivity contribution in [3.8, 4) is 0 Å². The Morgan fingerprint density at radius 2 is 2.17 bits per heavy atom. The Labute approximate surface area is 111 Å².